The fourth-order valence-corrected chi connectivity index (χ4v) is 3.22. The van der Waals surface area contributed by atoms with Crippen LogP contribution in [0.4, 0.5) is 0 Å². The SMILES string of the molecule is COC(=O)[C@H]1[C@@H](C(=O)OC)CC=C[C@H]1c1ccc(Br)c(C#N)c1. The molecule has 3 atom stereocenters. The molecular formula is C17H16BrNO4. The third kappa shape index (κ3) is 3.45. The van der Waals surface area contributed by atoms with E-state index < -0.39 is 23.8 Å². The van der Waals surface area contributed by atoms with Gasteiger partial charge in [-0.25, -0.2) is 0 Å². The highest BCUT2D eigenvalue weighted by Gasteiger charge is 2.42. The van der Waals surface area contributed by atoms with Crippen LogP contribution in [0.15, 0.2) is 34.8 Å². The molecule has 1 aliphatic carbocycles. The molecule has 0 spiro atoms. The van der Waals surface area contributed by atoms with Crippen LogP contribution in [0.1, 0.15) is 23.5 Å². The normalized spacial score (nSPS) is 23.0. The molecule has 0 aliphatic heterocycles. The second-order valence-corrected chi connectivity index (χ2v) is 6.07. The van der Waals surface area contributed by atoms with E-state index in [1.165, 1.54) is 14.2 Å². The van der Waals surface area contributed by atoms with Crippen LogP contribution < -0.4 is 0 Å². The van der Waals surface area contributed by atoms with Gasteiger partial charge in [-0.15, -0.1) is 0 Å². The molecular weight excluding hydrogens is 362 g/mol. The second kappa shape index (κ2) is 7.42. The van der Waals surface area contributed by atoms with Crippen LogP contribution in [0.2, 0.25) is 0 Å². The maximum absolute atomic E-state index is 12.3. The molecule has 0 saturated heterocycles. The van der Waals surface area contributed by atoms with Gasteiger partial charge in [-0.05, 0) is 40.0 Å². The Hall–Kier alpha value is -2.13. The van der Waals surface area contributed by atoms with Crippen molar-refractivity contribution in [1.29, 1.82) is 5.26 Å². The summed E-state index contributed by atoms with van der Waals surface area (Å²) >= 11 is 3.31. The predicted molar refractivity (Wildman–Crippen MR) is 86.4 cm³/mol. The Kier molecular flexibility index (Phi) is 5.56. The maximum atomic E-state index is 12.3. The number of ether oxygens (including phenoxy) is 2. The van der Waals surface area contributed by atoms with Crippen molar-refractivity contribution in [2.24, 2.45) is 11.8 Å². The molecule has 0 amide bonds. The van der Waals surface area contributed by atoms with Gasteiger partial charge in [-0.3, -0.25) is 9.59 Å². The number of allylic oxidation sites excluding steroid dienone is 2. The maximum Gasteiger partial charge on any atom is 0.310 e. The van der Waals surface area contributed by atoms with Crippen LogP contribution in [0.5, 0.6) is 0 Å². The van der Waals surface area contributed by atoms with Crippen LogP contribution in [0.25, 0.3) is 0 Å². The molecule has 2 rings (SSSR count). The zero-order valence-electron chi connectivity index (χ0n) is 12.8. The van der Waals surface area contributed by atoms with Crippen molar-refractivity contribution >= 4 is 27.9 Å². The Balaban J connectivity index is 2.48. The molecule has 0 unspecified atom stereocenters. The van der Waals surface area contributed by atoms with Gasteiger partial charge < -0.3 is 9.47 Å². The molecule has 1 aromatic rings. The van der Waals surface area contributed by atoms with Crippen LogP contribution >= 0.6 is 15.9 Å². The zero-order chi connectivity index (χ0) is 17.0. The minimum Gasteiger partial charge on any atom is -0.469 e. The highest BCUT2D eigenvalue weighted by atomic mass is 79.9. The molecule has 0 radical (unpaired) electrons. The van der Waals surface area contributed by atoms with Crippen molar-refractivity contribution in [3.63, 3.8) is 0 Å². The van der Waals surface area contributed by atoms with Crippen LogP contribution in [-0.2, 0) is 19.1 Å². The summed E-state index contributed by atoms with van der Waals surface area (Å²) in [6, 6.07) is 7.41. The molecule has 120 valence electrons. The van der Waals surface area contributed by atoms with Crippen molar-refractivity contribution in [1.82, 2.24) is 0 Å². The monoisotopic (exact) mass is 377 g/mol. The van der Waals surface area contributed by atoms with E-state index in [2.05, 4.69) is 22.0 Å². The molecule has 0 bridgehead atoms. The number of carbonyl (C=O) groups is 2. The van der Waals surface area contributed by atoms with Gasteiger partial charge in [-0.2, -0.15) is 5.26 Å². The first-order chi connectivity index (χ1) is 11.0. The topological polar surface area (TPSA) is 76.4 Å². The first-order valence-corrected chi connectivity index (χ1v) is 7.84. The lowest BCUT2D eigenvalue weighted by molar-refractivity contribution is -0.158. The fraction of sp³-hybridized carbons (Fsp3) is 0.353. The zero-order valence-corrected chi connectivity index (χ0v) is 14.4. The lowest BCUT2D eigenvalue weighted by atomic mass is 9.72. The van der Waals surface area contributed by atoms with E-state index in [1.807, 2.05) is 18.2 Å². The van der Waals surface area contributed by atoms with Crippen LogP contribution in [0, 0.1) is 23.2 Å². The number of carbonyl (C=O) groups excluding carboxylic acids is 2. The number of nitrogens with zero attached hydrogens (tertiary/aromatic N) is 1. The first kappa shape index (κ1) is 17.2. The molecule has 6 heteroatoms. The Labute approximate surface area is 143 Å². The minimum atomic E-state index is -0.676. The third-order valence-corrected chi connectivity index (χ3v) is 4.72. The summed E-state index contributed by atoms with van der Waals surface area (Å²) in [5.74, 6) is -2.52. The van der Waals surface area contributed by atoms with E-state index in [-0.39, 0.29) is 5.92 Å². The smallest absolute Gasteiger partial charge is 0.310 e. The number of hydrogen-bond acceptors (Lipinski definition) is 5. The van der Waals surface area contributed by atoms with E-state index in [1.54, 1.807) is 12.1 Å². The van der Waals surface area contributed by atoms with Crippen LogP contribution in [-0.4, -0.2) is 26.2 Å². The van der Waals surface area contributed by atoms with E-state index >= 15 is 0 Å². The summed E-state index contributed by atoms with van der Waals surface area (Å²) in [4.78, 5) is 24.3. The predicted octanol–water partition coefficient (Wildman–Crippen LogP) is 2.94. The molecule has 23 heavy (non-hydrogen) atoms. The third-order valence-electron chi connectivity index (χ3n) is 4.03. The Morgan fingerprint density at radius 2 is 1.96 bits per heavy atom. The highest BCUT2D eigenvalue weighted by molar-refractivity contribution is 9.10. The van der Waals surface area contributed by atoms with Crippen molar-refractivity contribution in [3.8, 4) is 6.07 Å². The van der Waals surface area contributed by atoms with E-state index in [0.717, 1.165) is 5.56 Å². The molecule has 0 fully saturated rings. The van der Waals surface area contributed by atoms with E-state index in [4.69, 9.17) is 9.47 Å². The van der Waals surface area contributed by atoms with Gasteiger partial charge in [0.2, 0.25) is 0 Å². The minimum absolute atomic E-state index is 0.347. The highest BCUT2D eigenvalue weighted by Crippen LogP contribution is 2.39. The Morgan fingerprint density at radius 1 is 1.26 bits per heavy atom. The van der Waals surface area contributed by atoms with Gasteiger partial charge in [0.25, 0.3) is 0 Å². The first-order valence-electron chi connectivity index (χ1n) is 7.05. The molecule has 0 saturated carbocycles. The molecule has 0 aromatic heterocycles. The molecule has 0 N–H and O–H groups in total. The summed E-state index contributed by atoms with van der Waals surface area (Å²) in [7, 11) is 2.60. The Morgan fingerprint density at radius 3 is 2.57 bits per heavy atom. The number of nitriles is 1. The van der Waals surface area contributed by atoms with Crippen LogP contribution in [0.3, 0.4) is 0 Å². The van der Waals surface area contributed by atoms with Gasteiger partial charge in [0.1, 0.15) is 6.07 Å². The number of halogens is 1. The van der Waals surface area contributed by atoms with Gasteiger partial charge in [0, 0.05) is 10.4 Å². The standard InChI is InChI=1S/C17H16BrNO4/c1-22-16(20)13-5-3-4-12(15(13)17(21)23-2)10-6-7-14(18)11(8-10)9-19/h3-4,6-8,12-13,15H,5H2,1-2H3/t12-,13-,15+/m0/s1. The molecule has 1 aliphatic rings. The van der Waals surface area contributed by atoms with Gasteiger partial charge >= 0.3 is 11.9 Å². The molecule has 1 aromatic carbocycles. The van der Waals surface area contributed by atoms with Crippen molar-refractivity contribution in [3.05, 3.63) is 46.0 Å². The van der Waals surface area contributed by atoms with Crippen molar-refractivity contribution < 1.29 is 19.1 Å². The average molecular weight is 378 g/mol. The summed E-state index contributed by atoms with van der Waals surface area (Å²) in [6.45, 7) is 0. The summed E-state index contributed by atoms with van der Waals surface area (Å²) in [5, 5.41) is 9.18. The fourth-order valence-electron chi connectivity index (χ4n) is 2.88. The number of hydrogen-bond donors (Lipinski definition) is 0. The van der Waals surface area contributed by atoms with E-state index in [0.29, 0.717) is 16.5 Å². The van der Waals surface area contributed by atoms with E-state index in [9.17, 15) is 14.9 Å². The molecule has 0 heterocycles. The summed E-state index contributed by atoms with van der Waals surface area (Å²) in [5.41, 5.74) is 1.25. The second-order valence-electron chi connectivity index (χ2n) is 5.22. The lowest BCUT2D eigenvalue weighted by Crippen LogP contribution is -2.37. The summed E-state index contributed by atoms with van der Waals surface area (Å²) in [6.07, 6.45) is 4.16. The van der Waals surface area contributed by atoms with Crippen molar-refractivity contribution in [2.45, 2.75) is 12.3 Å². The Bertz CT molecular complexity index is 692. The molecule has 5 nitrogen and oxygen atoms in total. The number of rotatable bonds is 3. The quantitative estimate of drug-likeness (QED) is 0.597. The largest absolute Gasteiger partial charge is 0.469 e. The van der Waals surface area contributed by atoms with Gasteiger partial charge in [0.15, 0.2) is 0 Å². The number of benzene rings is 1. The average Bonchev–Trinajstić information content (AvgIpc) is 2.60. The van der Waals surface area contributed by atoms with Crippen molar-refractivity contribution in [2.75, 3.05) is 14.2 Å². The van der Waals surface area contributed by atoms with Gasteiger partial charge in [-0.1, -0.05) is 18.2 Å². The lowest BCUT2D eigenvalue weighted by Gasteiger charge is -2.31. The van der Waals surface area contributed by atoms with Gasteiger partial charge in [0.05, 0.1) is 31.6 Å². The number of methoxy groups -OCH3 is 2. The summed E-state index contributed by atoms with van der Waals surface area (Å²) < 4.78 is 10.4. The number of esters is 2.